The van der Waals surface area contributed by atoms with Gasteiger partial charge in [-0.05, 0) is 6.54 Å². The minimum absolute atomic E-state index is 0.107. The lowest BCUT2D eigenvalue weighted by Gasteiger charge is -2.27. The molecular weight excluding hydrogens is 348 g/mol. The molecule has 0 aromatic heterocycles. The third kappa shape index (κ3) is 12.2. The van der Waals surface area contributed by atoms with E-state index in [4.69, 9.17) is 15.3 Å². The van der Waals surface area contributed by atoms with Crippen molar-refractivity contribution in [3.05, 3.63) is 0 Å². The second kappa shape index (κ2) is 13.0. The van der Waals surface area contributed by atoms with E-state index in [-0.39, 0.29) is 45.2 Å². The standard InChI is InChI=1S/C15H28N4O7/c1-3-17(9-13(21)22)4-5-18(10-14(23)24)6-7-19(11-15(25)26)8-12(20)16-2/h3-11H2,1-2H3,(H,16,20)(H,21,22)(H,23,24)(H,25,26). The summed E-state index contributed by atoms with van der Waals surface area (Å²) in [5, 5.41) is 29.2. The topological polar surface area (TPSA) is 151 Å². The number of carbonyl (C=O) groups excluding carboxylic acids is 1. The van der Waals surface area contributed by atoms with Crippen LogP contribution in [0.2, 0.25) is 0 Å². The second-order valence-electron chi connectivity index (χ2n) is 5.71. The van der Waals surface area contributed by atoms with Crippen molar-refractivity contribution in [1.29, 1.82) is 0 Å². The Labute approximate surface area is 152 Å². The Morgan fingerprint density at radius 1 is 0.692 bits per heavy atom. The molecule has 0 aliphatic heterocycles. The molecule has 0 aromatic rings. The van der Waals surface area contributed by atoms with E-state index in [1.54, 1.807) is 9.80 Å². The van der Waals surface area contributed by atoms with Crippen LogP contribution in [0.5, 0.6) is 0 Å². The number of nitrogens with zero attached hydrogens (tertiary/aromatic N) is 3. The van der Waals surface area contributed by atoms with Gasteiger partial charge in [-0.25, -0.2) is 0 Å². The number of carbonyl (C=O) groups is 4. The summed E-state index contributed by atoms with van der Waals surface area (Å²) in [5.74, 6) is -3.43. The van der Waals surface area contributed by atoms with Gasteiger partial charge in [0.1, 0.15) is 0 Å². The molecule has 0 rings (SSSR count). The smallest absolute Gasteiger partial charge is 0.317 e. The van der Waals surface area contributed by atoms with Crippen LogP contribution in [-0.2, 0) is 19.2 Å². The van der Waals surface area contributed by atoms with Crippen LogP contribution in [-0.4, -0.2) is 120 Å². The molecular formula is C15H28N4O7. The monoisotopic (exact) mass is 376 g/mol. The van der Waals surface area contributed by atoms with Gasteiger partial charge in [0.05, 0.1) is 26.2 Å². The van der Waals surface area contributed by atoms with Crippen molar-refractivity contribution in [2.75, 3.05) is 66.0 Å². The molecule has 0 saturated carbocycles. The number of carboxylic acids is 3. The van der Waals surface area contributed by atoms with Crippen molar-refractivity contribution >= 4 is 23.8 Å². The Morgan fingerprint density at radius 3 is 1.50 bits per heavy atom. The fraction of sp³-hybridized carbons (Fsp3) is 0.733. The number of nitrogens with one attached hydrogen (secondary N) is 1. The lowest BCUT2D eigenvalue weighted by molar-refractivity contribution is -0.140. The van der Waals surface area contributed by atoms with E-state index in [1.165, 1.54) is 11.9 Å². The molecule has 26 heavy (non-hydrogen) atoms. The van der Waals surface area contributed by atoms with Crippen LogP contribution < -0.4 is 5.32 Å². The van der Waals surface area contributed by atoms with Crippen molar-refractivity contribution in [2.45, 2.75) is 6.92 Å². The predicted octanol–water partition coefficient (Wildman–Crippen LogP) is -2.09. The normalized spacial score (nSPS) is 11.1. The molecule has 0 bridgehead atoms. The molecule has 1 amide bonds. The van der Waals surface area contributed by atoms with Crippen LogP contribution >= 0.6 is 0 Å². The van der Waals surface area contributed by atoms with Crippen molar-refractivity contribution in [1.82, 2.24) is 20.0 Å². The van der Waals surface area contributed by atoms with E-state index in [0.717, 1.165) is 0 Å². The van der Waals surface area contributed by atoms with Crippen LogP contribution in [0, 0.1) is 0 Å². The molecule has 0 aliphatic carbocycles. The van der Waals surface area contributed by atoms with Crippen molar-refractivity contribution in [3.8, 4) is 0 Å². The molecule has 0 heterocycles. The quantitative estimate of drug-likeness (QED) is 0.250. The summed E-state index contributed by atoms with van der Waals surface area (Å²) in [7, 11) is 1.44. The minimum atomic E-state index is -1.09. The molecule has 150 valence electrons. The molecule has 0 radical (unpaired) electrons. The molecule has 11 heteroatoms. The maximum Gasteiger partial charge on any atom is 0.317 e. The van der Waals surface area contributed by atoms with Gasteiger partial charge in [0.15, 0.2) is 0 Å². The molecule has 4 N–H and O–H groups in total. The number of amides is 1. The first-order chi connectivity index (χ1) is 12.2. The minimum Gasteiger partial charge on any atom is -0.480 e. The zero-order valence-corrected chi connectivity index (χ0v) is 15.2. The highest BCUT2D eigenvalue weighted by atomic mass is 16.4. The fourth-order valence-corrected chi connectivity index (χ4v) is 2.25. The van der Waals surface area contributed by atoms with Gasteiger partial charge in [-0.15, -0.1) is 0 Å². The highest BCUT2D eigenvalue weighted by Crippen LogP contribution is 1.96. The van der Waals surface area contributed by atoms with Gasteiger partial charge in [-0.1, -0.05) is 6.92 Å². The van der Waals surface area contributed by atoms with Gasteiger partial charge < -0.3 is 20.6 Å². The van der Waals surface area contributed by atoms with Crippen molar-refractivity contribution < 1.29 is 34.5 Å². The third-order valence-electron chi connectivity index (χ3n) is 3.63. The van der Waals surface area contributed by atoms with Crippen LogP contribution in [0.25, 0.3) is 0 Å². The highest BCUT2D eigenvalue weighted by molar-refractivity contribution is 5.78. The third-order valence-corrected chi connectivity index (χ3v) is 3.63. The Bertz CT molecular complexity index is 487. The van der Waals surface area contributed by atoms with Crippen molar-refractivity contribution in [2.24, 2.45) is 0 Å². The summed E-state index contributed by atoms with van der Waals surface area (Å²) in [4.78, 5) is 48.9. The maximum absolute atomic E-state index is 11.5. The summed E-state index contributed by atoms with van der Waals surface area (Å²) >= 11 is 0. The predicted molar refractivity (Wildman–Crippen MR) is 92.0 cm³/mol. The van der Waals surface area contributed by atoms with Gasteiger partial charge in [-0.2, -0.15) is 0 Å². The number of hydrogen-bond acceptors (Lipinski definition) is 7. The highest BCUT2D eigenvalue weighted by Gasteiger charge is 2.17. The van der Waals surface area contributed by atoms with Gasteiger partial charge in [0.2, 0.25) is 5.91 Å². The number of rotatable bonds is 15. The molecule has 0 aromatic carbocycles. The van der Waals surface area contributed by atoms with Gasteiger partial charge in [0.25, 0.3) is 0 Å². The van der Waals surface area contributed by atoms with E-state index in [2.05, 4.69) is 5.32 Å². The van der Waals surface area contributed by atoms with E-state index in [9.17, 15) is 19.2 Å². The first kappa shape index (κ1) is 23.8. The Hall–Kier alpha value is -2.24. The van der Waals surface area contributed by atoms with E-state index in [0.29, 0.717) is 19.6 Å². The summed E-state index contributed by atoms with van der Waals surface area (Å²) in [6.45, 7) is 2.58. The summed E-state index contributed by atoms with van der Waals surface area (Å²) < 4.78 is 0. The van der Waals surface area contributed by atoms with Gasteiger partial charge in [-0.3, -0.25) is 33.9 Å². The lowest BCUT2D eigenvalue weighted by Crippen LogP contribution is -2.45. The number of aliphatic carboxylic acids is 3. The van der Waals surface area contributed by atoms with Gasteiger partial charge >= 0.3 is 17.9 Å². The second-order valence-corrected chi connectivity index (χ2v) is 5.71. The summed E-state index contributed by atoms with van der Waals surface area (Å²) in [5.41, 5.74) is 0. The molecule has 0 aliphatic rings. The Morgan fingerprint density at radius 2 is 1.08 bits per heavy atom. The molecule has 11 nitrogen and oxygen atoms in total. The first-order valence-electron chi connectivity index (χ1n) is 8.20. The summed E-state index contributed by atoms with van der Waals surface area (Å²) in [6, 6.07) is 0. The molecule has 0 unspecified atom stereocenters. The lowest BCUT2D eigenvalue weighted by atomic mass is 10.3. The Kier molecular flexibility index (Phi) is 11.9. The largest absolute Gasteiger partial charge is 0.480 e. The summed E-state index contributed by atoms with van der Waals surface area (Å²) in [6.07, 6.45) is 0. The zero-order valence-electron chi connectivity index (χ0n) is 15.2. The number of carboxylic acid groups (broad SMARTS) is 3. The maximum atomic E-state index is 11.5. The molecule has 0 atom stereocenters. The van der Waals surface area contributed by atoms with Crippen molar-refractivity contribution in [3.63, 3.8) is 0 Å². The van der Waals surface area contributed by atoms with E-state index < -0.39 is 17.9 Å². The Balaban J connectivity index is 4.73. The average molecular weight is 376 g/mol. The van der Waals surface area contributed by atoms with E-state index >= 15 is 0 Å². The fourth-order valence-electron chi connectivity index (χ4n) is 2.25. The molecule has 0 spiro atoms. The average Bonchev–Trinajstić information content (AvgIpc) is 2.54. The van der Waals surface area contributed by atoms with Crippen LogP contribution in [0.3, 0.4) is 0 Å². The van der Waals surface area contributed by atoms with E-state index in [1.807, 2.05) is 6.92 Å². The molecule has 0 saturated heterocycles. The SMILES string of the molecule is CCN(CCN(CCN(CC(=O)O)CC(=O)NC)CC(=O)O)CC(=O)O. The zero-order chi connectivity index (χ0) is 20.1. The number of likely N-dealkylation sites (N-methyl/N-ethyl adjacent to an activating group) is 2. The number of hydrogen-bond donors (Lipinski definition) is 4. The van der Waals surface area contributed by atoms with Crippen LogP contribution in [0.1, 0.15) is 6.92 Å². The van der Waals surface area contributed by atoms with Crippen LogP contribution in [0.4, 0.5) is 0 Å². The van der Waals surface area contributed by atoms with Crippen LogP contribution in [0.15, 0.2) is 0 Å². The molecule has 0 fully saturated rings. The first-order valence-corrected chi connectivity index (χ1v) is 8.20. The van der Waals surface area contributed by atoms with Gasteiger partial charge in [0, 0.05) is 33.2 Å².